The summed E-state index contributed by atoms with van der Waals surface area (Å²) in [6.45, 7) is 3.84. The van der Waals surface area contributed by atoms with Gasteiger partial charge in [0.15, 0.2) is 0 Å². The number of hydrogen-bond acceptors (Lipinski definition) is 5. The lowest BCUT2D eigenvalue weighted by Gasteiger charge is -1.99. The van der Waals surface area contributed by atoms with E-state index in [0.29, 0.717) is 0 Å². The van der Waals surface area contributed by atoms with E-state index in [1.54, 1.807) is 12.1 Å². The molecule has 2 aromatic rings. The highest BCUT2D eigenvalue weighted by molar-refractivity contribution is 7.15. The Morgan fingerprint density at radius 2 is 2.00 bits per heavy atom. The molecular formula is C12H13N3O2S. The Bertz CT molecular complexity index is 576. The summed E-state index contributed by atoms with van der Waals surface area (Å²) < 4.78 is 0. The lowest BCUT2D eigenvalue weighted by atomic mass is 10.2. The van der Waals surface area contributed by atoms with Gasteiger partial charge in [0.25, 0.3) is 5.69 Å². The maximum atomic E-state index is 10.6. The monoisotopic (exact) mass is 263 g/mol. The van der Waals surface area contributed by atoms with E-state index in [1.807, 2.05) is 13.8 Å². The molecule has 0 saturated carbocycles. The topological polar surface area (TPSA) is 82.0 Å². The Balaban J connectivity index is 2.37. The van der Waals surface area contributed by atoms with Gasteiger partial charge in [-0.3, -0.25) is 10.1 Å². The van der Waals surface area contributed by atoms with E-state index >= 15 is 0 Å². The third-order valence-corrected chi connectivity index (χ3v) is 3.98. The van der Waals surface area contributed by atoms with E-state index in [4.69, 9.17) is 5.73 Å². The van der Waals surface area contributed by atoms with Crippen molar-refractivity contribution in [3.8, 4) is 10.6 Å². The van der Waals surface area contributed by atoms with Gasteiger partial charge in [-0.15, -0.1) is 11.3 Å². The molecule has 1 unspecified atom stereocenters. The van der Waals surface area contributed by atoms with E-state index in [9.17, 15) is 10.1 Å². The fraction of sp³-hybridized carbons (Fsp3) is 0.250. The van der Waals surface area contributed by atoms with E-state index in [-0.39, 0.29) is 11.7 Å². The lowest BCUT2D eigenvalue weighted by Crippen LogP contribution is -2.03. The first-order valence-electron chi connectivity index (χ1n) is 5.46. The fourth-order valence-corrected chi connectivity index (χ4v) is 2.70. The Morgan fingerprint density at radius 3 is 2.44 bits per heavy atom. The number of benzene rings is 1. The average Bonchev–Trinajstić information content (AvgIpc) is 2.71. The zero-order valence-corrected chi connectivity index (χ0v) is 10.9. The number of aryl methyl sites for hydroxylation is 1. The number of non-ortho nitro benzene ring substituents is 1. The minimum Gasteiger partial charge on any atom is -0.323 e. The molecule has 1 atom stereocenters. The SMILES string of the molecule is Cc1nc(-c2ccc([N+](=O)[O-])cc2)sc1C(C)N. The van der Waals surface area contributed by atoms with Gasteiger partial charge in [0.05, 0.1) is 10.6 Å². The van der Waals surface area contributed by atoms with Crippen LogP contribution in [0.25, 0.3) is 10.6 Å². The molecule has 0 aliphatic rings. The lowest BCUT2D eigenvalue weighted by molar-refractivity contribution is -0.384. The summed E-state index contributed by atoms with van der Waals surface area (Å²) in [5.74, 6) is 0. The molecule has 2 rings (SSSR count). The Labute approximate surface area is 108 Å². The van der Waals surface area contributed by atoms with E-state index in [1.165, 1.54) is 23.5 Å². The second kappa shape index (κ2) is 4.83. The van der Waals surface area contributed by atoms with Crippen LogP contribution in [-0.2, 0) is 0 Å². The van der Waals surface area contributed by atoms with Crippen LogP contribution in [0, 0.1) is 17.0 Å². The standard InChI is InChI=1S/C12H13N3O2S/c1-7(13)11-8(2)14-12(18-11)9-3-5-10(6-4-9)15(16)17/h3-7H,13H2,1-2H3. The summed E-state index contributed by atoms with van der Waals surface area (Å²) in [6, 6.07) is 6.34. The Kier molecular flexibility index (Phi) is 3.40. The molecule has 2 N–H and O–H groups in total. The van der Waals surface area contributed by atoms with Crippen molar-refractivity contribution < 1.29 is 4.92 Å². The van der Waals surface area contributed by atoms with Gasteiger partial charge >= 0.3 is 0 Å². The Hall–Kier alpha value is -1.79. The minimum absolute atomic E-state index is 0.0469. The van der Waals surface area contributed by atoms with E-state index in [2.05, 4.69) is 4.98 Å². The highest BCUT2D eigenvalue weighted by Crippen LogP contribution is 2.31. The first kappa shape index (κ1) is 12.7. The summed E-state index contributed by atoms with van der Waals surface area (Å²) in [7, 11) is 0. The van der Waals surface area contributed by atoms with Crippen LogP contribution in [-0.4, -0.2) is 9.91 Å². The van der Waals surface area contributed by atoms with Gasteiger partial charge in [-0.2, -0.15) is 0 Å². The largest absolute Gasteiger partial charge is 0.323 e. The van der Waals surface area contributed by atoms with E-state index in [0.717, 1.165) is 21.1 Å². The maximum absolute atomic E-state index is 10.6. The van der Waals surface area contributed by atoms with Crippen LogP contribution in [0.5, 0.6) is 0 Å². The van der Waals surface area contributed by atoms with Crippen molar-refractivity contribution in [2.45, 2.75) is 19.9 Å². The second-order valence-corrected chi connectivity index (χ2v) is 5.09. The Morgan fingerprint density at radius 1 is 1.39 bits per heavy atom. The third-order valence-electron chi connectivity index (χ3n) is 2.57. The molecule has 1 aromatic carbocycles. The molecule has 5 nitrogen and oxygen atoms in total. The van der Waals surface area contributed by atoms with Crippen molar-refractivity contribution in [2.24, 2.45) is 5.73 Å². The quantitative estimate of drug-likeness (QED) is 0.681. The molecule has 0 radical (unpaired) electrons. The first-order chi connectivity index (χ1) is 8.49. The number of hydrogen-bond donors (Lipinski definition) is 1. The number of nitro benzene ring substituents is 1. The van der Waals surface area contributed by atoms with E-state index < -0.39 is 4.92 Å². The van der Waals surface area contributed by atoms with Gasteiger partial charge in [0.2, 0.25) is 0 Å². The van der Waals surface area contributed by atoms with Crippen LogP contribution in [0.1, 0.15) is 23.5 Å². The van der Waals surface area contributed by atoms with Gasteiger partial charge in [0, 0.05) is 28.6 Å². The molecule has 0 bridgehead atoms. The summed E-state index contributed by atoms with van der Waals surface area (Å²) >= 11 is 1.53. The normalized spacial score (nSPS) is 12.4. The molecule has 0 aliphatic heterocycles. The molecule has 1 heterocycles. The molecule has 18 heavy (non-hydrogen) atoms. The molecule has 6 heteroatoms. The molecule has 94 valence electrons. The third kappa shape index (κ3) is 2.39. The maximum Gasteiger partial charge on any atom is 0.269 e. The van der Waals surface area contributed by atoms with Gasteiger partial charge < -0.3 is 5.73 Å². The van der Waals surface area contributed by atoms with Gasteiger partial charge in [-0.1, -0.05) is 0 Å². The predicted molar refractivity (Wildman–Crippen MR) is 71.5 cm³/mol. The van der Waals surface area contributed by atoms with Crippen LogP contribution < -0.4 is 5.73 Å². The number of rotatable bonds is 3. The average molecular weight is 263 g/mol. The van der Waals surface area contributed by atoms with Crippen LogP contribution in [0.4, 0.5) is 5.69 Å². The predicted octanol–water partition coefficient (Wildman–Crippen LogP) is 3.05. The van der Waals surface area contributed by atoms with Crippen LogP contribution in [0.2, 0.25) is 0 Å². The van der Waals surface area contributed by atoms with Crippen LogP contribution in [0.15, 0.2) is 24.3 Å². The zero-order chi connectivity index (χ0) is 13.3. The molecule has 1 aromatic heterocycles. The summed E-state index contributed by atoms with van der Waals surface area (Å²) in [6.07, 6.45) is 0. The van der Waals surface area contributed by atoms with Gasteiger partial charge in [-0.25, -0.2) is 4.98 Å². The summed E-state index contributed by atoms with van der Waals surface area (Å²) in [5, 5.41) is 11.4. The minimum atomic E-state index is -0.412. The molecular weight excluding hydrogens is 250 g/mol. The molecule has 0 aliphatic carbocycles. The number of thiazole rings is 1. The summed E-state index contributed by atoms with van der Waals surface area (Å²) in [5.41, 5.74) is 7.73. The zero-order valence-electron chi connectivity index (χ0n) is 10.1. The van der Waals surface area contributed by atoms with Crippen molar-refractivity contribution >= 4 is 17.0 Å². The molecule has 0 fully saturated rings. The smallest absolute Gasteiger partial charge is 0.269 e. The number of nitrogens with zero attached hydrogens (tertiary/aromatic N) is 2. The highest BCUT2D eigenvalue weighted by atomic mass is 32.1. The number of nitrogens with two attached hydrogens (primary N) is 1. The van der Waals surface area contributed by atoms with Crippen molar-refractivity contribution in [1.82, 2.24) is 4.98 Å². The summed E-state index contributed by atoms with van der Waals surface area (Å²) in [4.78, 5) is 15.6. The van der Waals surface area contributed by atoms with Crippen LogP contribution in [0.3, 0.4) is 0 Å². The highest BCUT2D eigenvalue weighted by Gasteiger charge is 2.13. The fourth-order valence-electron chi connectivity index (χ4n) is 1.68. The number of aromatic nitrogens is 1. The van der Waals surface area contributed by atoms with Gasteiger partial charge in [0.1, 0.15) is 5.01 Å². The van der Waals surface area contributed by atoms with Crippen molar-refractivity contribution in [2.75, 3.05) is 0 Å². The van der Waals surface area contributed by atoms with Crippen molar-refractivity contribution in [3.63, 3.8) is 0 Å². The first-order valence-corrected chi connectivity index (χ1v) is 6.28. The van der Waals surface area contributed by atoms with Crippen molar-refractivity contribution in [3.05, 3.63) is 45.0 Å². The van der Waals surface area contributed by atoms with Gasteiger partial charge in [-0.05, 0) is 26.0 Å². The second-order valence-electron chi connectivity index (χ2n) is 4.06. The molecule has 0 spiro atoms. The molecule has 0 saturated heterocycles. The molecule has 0 amide bonds. The van der Waals surface area contributed by atoms with Crippen LogP contribution >= 0.6 is 11.3 Å². The van der Waals surface area contributed by atoms with Crippen molar-refractivity contribution in [1.29, 1.82) is 0 Å². The number of nitro groups is 1.